The molecule has 3 heterocycles. The second-order valence-corrected chi connectivity index (χ2v) is 13.1. The average molecular weight is 631 g/mol. The van der Waals surface area contributed by atoms with Gasteiger partial charge in [0.25, 0.3) is 0 Å². The van der Waals surface area contributed by atoms with E-state index in [0.29, 0.717) is 22.4 Å². The lowest BCUT2D eigenvalue weighted by Gasteiger charge is -2.51. The second-order valence-electron chi connectivity index (χ2n) is 13.1. The summed E-state index contributed by atoms with van der Waals surface area (Å²) in [6.07, 6.45) is -1.07. The predicted octanol–water partition coefficient (Wildman–Crippen LogP) is 6.34. The Balaban J connectivity index is 1.89. The molecule has 1 saturated heterocycles. The van der Waals surface area contributed by atoms with Crippen LogP contribution < -0.4 is 10.6 Å². The number of rotatable bonds is 4. The van der Waals surface area contributed by atoms with Crippen LogP contribution in [-0.2, 0) is 0 Å². The molecule has 4 aromatic rings. The van der Waals surface area contributed by atoms with Gasteiger partial charge in [0.1, 0.15) is 23.1 Å². The third kappa shape index (κ3) is 5.40. The third-order valence-electron chi connectivity index (χ3n) is 8.61. The number of carbonyl (C=O) groups is 1. The molecule has 46 heavy (non-hydrogen) atoms. The Morgan fingerprint density at radius 2 is 1.80 bits per heavy atom. The molecule has 1 amide bonds. The van der Waals surface area contributed by atoms with E-state index in [0.717, 1.165) is 12.1 Å². The summed E-state index contributed by atoms with van der Waals surface area (Å²) in [5.74, 6) is -2.44. The van der Waals surface area contributed by atoms with Crippen LogP contribution in [0, 0.1) is 35.3 Å². The van der Waals surface area contributed by atoms with E-state index in [1.54, 1.807) is 24.0 Å². The fraction of sp³-hybridized carbons (Fsp3) is 0.382. The molecule has 2 atom stereocenters. The molecule has 1 unspecified atom stereocenters. The number of fused-ring (bicyclic) bond motifs is 1. The van der Waals surface area contributed by atoms with Crippen LogP contribution in [0.5, 0.6) is 5.75 Å². The number of aromatic nitrogens is 3. The van der Waals surface area contributed by atoms with E-state index < -0.39 is 57.9 Å². The molecular formula is C34H36F2N6O4. The number of aryl methyl sites for hydroxylation is 1. The molecule has 5 rings (SSSR count). The van der Waals surface area contributed by atoms with Crippen LogP contribution in [0.1, 0.15) is 64.2 Å². The zero-order valence-electron chi connectivity index (χ0n) is 26.8. The van der Waals surface area contributed by atoms with E-state index in [4.69, 9.17) is 0 Å². The summed E-state index contributed by atoms with van der Waals surface area (Å²) in [6.45, 7) is 13.4. The van der Waals surface area contributed by atoms with Gasteiger partial charge in [0.15, 0.2) is 11.5 Å². The quantitative estimate of drug-likeness (QED) is 0.267. The molecule has 2 N–H and O–H groups in total. The molecule has 1 fully saturated rings. The number of halogens is 2. The Morgan fingerprint density at radius 3 is 2.39 bits per heavy atom. The van der Waals surface area contributed by atoms with Crippen molar-refractivity contribution < 1.29 is 23.8 Å². The molecule has 0 saturated carbocycles. The lowest BCUT2D eigenvalue weighted by molar-refractivity contribution is 0.0562. The van der Waals surface area contributed by atoms with E-state index in [-0.39, 0.29) is 35.9 Å². The molecule has 10 nitrogen and oxygen atoms in total. The zero-order chi connectivity index (χ0) is 33.8. The molecular weight excluding hydrogens is 594 g/mol. The average Bonchev–Trinajstić information content (AvgIpc) is 2.96. The van der Waals surface area contributed by atoms with Crippen molar-refractivity contribution in [1.29, 1.82) is 5.26 Å². The fourth-order valence-corrected chi connectivity index (χ4v) is 6.76. The number of anilines is 1. The van der Waals surface area contributed by atoms with Gasteiger partial charge in [-0.25, -0.2) is 27.9 Å². The second kappa shape index (κ2) is 11.7. The van der Waals surface area contributed by atoms with Gasteiger partial charge in [-0.15, -0.1) is 0 Å². The molecule has 1 aliphatic heterocycles. The number of phenolic OH excluding ortho intramolecular Hbond substituents is 1. The van der Waals surface area contributed by atoms with E-state index in [1.807, 2.05) is 41.5 Å². The van der Waals surface area contributed by atoms with Crippen LogP contribution in [0.15, 0.2) is 41.2 Å². The first kappa shape index (κ1) is 32.3. The number of nitrogens with zero attached hydrogens (tertiary/aromatic N) is 6. The minimum atomic E-state index is -1.07. The number of amides is 1. The highest BCUT2D eigenvalue weighted by atomic mass is 19.1. The first-order chi connectivity index (χ1) is 21.6. The van der Waals surface area contributed by atoms with Crippen LogP contribution >= 0.6 is 0 Å². The molecule has 12 heteroatoms. The van der Waals surface area contributed by atoms with Crippen molar-refractivity contribution >= 4 is 22.9 Å². The molecule has 0 radical (unpaired) electrons. The first-order valence-corrected chi connectivity index (χ1v) is 15.0. The molecule has 0 aliphatic carbocycles. The maximum atomic E-state index is 16.1. The van der Waals surface area contributed by atoms with Crippen LogP contribution in [-0.4, -0.2) is 60.9 Å². The van der Waals surface area contributed by atoms with Gasteiger partial charge in [-0.05, 0) is 66.6 Å². The van der Waals surface area contributed by atoms with Crippen LogP contribution in [0.25, 0.3) is 28.0 Å². The molecule has 2 aromatic heterocycles. The van der Waals surface area contributed by atoms with Crippen molar-refractivity contribution in [3.8, 4) is 28.8 Å². The monoisotopic (exact) mass is 630 g/mol. The van der Waals surface area contributed by atoms with Crippen molar-refractivity contribution in [2.24, 2.45) is 5.41 Å². The summed E-state index contributed by atoms with van der Waals surface area (Å²) < 4.78 is 32.4. The van der Waals surface area contributed by atoms with Crippen molar-refractivity contribution in [3.63, 3.8) is 0 Å². The molecule has 240 valence electrons. The van der Waals surface area contributed by atoms with Crippen molar-refractivity contribution in [2.75, 3.05) is 18.0 Å². The number of hydrogen-bond donors (Lipinski definition) is 2. The van der Waals surface area contributed by atoms with Gasteiger partial charge in [-0.3, -0.25) is 0 Å². The Kier molecular flexibility index (Phi) is 8.23. The molecule has 0 bridgehead atoms. The Morgan fingerprint density at radius 1 is 1.11 bits per heavy atom. The van der Waals surface area contributed by atoms with Crippen LogP contribution in [0.2, 0.25) is 0 Å². The number of nitriles is 1. The minimum Gasteiger partial charge on any atom is -0.507 e. The Labute approximate surface area is 265 Å². The molecule has 1 aliphatic rings. The highest BCUT2D eigenvalue weighted by Gasteiger charge is 2.44. The number of hydrogen-bond acceptors (Lipinski definition) is 7. The van der Waals surface area contributed by atoms with Gasteiger partial charge in [-0.2, -0.15) is 10.2 Å². The van der Waals surface area contributed by atoms with Crippen molar-refractivity contribution in [3.05, 3.63) is 75.2 Å². The Bertz CT molecular complexity index is 1960. The standard InChI is InChI=1S/C34H36F2N6O4/c1-17(2)21-14-20(16-37)13-18(3)28(21)42-31-22(15-24(36)27(38-31)26-23(35)9-8-10-25(26)43)30(39-32(42)44)40-11-12-41(33(45)46)29(19(40)4)34(5,6)7/h8-10,13-15,17,19,29,43H,11-12H2,1-7H3,(H,45,46)/t19-,29?/m0/s1. The molecule has 0 spiro atoms. The summed E-state index contributed by atoms with van der Waals surface area (Å²) in [6, 6.07) is 9.13. The van der Waals surface area contributed by atoms with Crippen LogP contribution in [0.3, 0.4) is 0 Å². The summed E-state index contributed by atoms with van der Waals surface area (Å²) in [5, 5.41) is 30.3. The topological polar surface area (TPSA) is 136 Å². The van der Waals surface area contributed by atoms with Gasteiger partial charge in [-0.1, -0.05) is 40.7 Å². The number of aromatic hydroxyl groups is 1. The summed E-state index contributed by atoms with van der Waals surface area (Å²) >= 11 is 0. The van der Waals surface area contributed by atoms with Gasteiger partial charge >= 0.3 is 11.8 Å². The lowest BCUT2D eigenvalue weighted by Crippen LogP contribution is -2.64. The van der Waals surface area contributed by atoms with E-state index in [9.17, 15) is 25.1 Å². The third-order valence-corrected chi connectivity index (χ3v) is 8.61. The van der Waals surface area contributed by atoms with Crippen molar-refractivity contribution in [2.45, 2.75) is 66.5 Å². The number of benzene rings is 2. The van der Waals surface area contributed by atoms with Gasteiger partial charge in [0.2, 0.25) is 0 Å². The number of phenols is 1. The van der Waals surface area contributed by atoms with Gasteiger partial charge < -0.3 is 20.0 Å². The Hall–Kier alpha value is -5.05. The van der Waals surface area contributed by atoms with Gasteiger partial charge in [0.05, 0.1) is 34.3 Å². The SMILES string of the molecule is Cc1cc(C#N)cc(C(C)C)c1-n1c(=O)nc(N2CCN(C(=O)O)C(C(C)(C)C)[C@@H]2C)c2cc(F)c(-c3c(O)cccc3F)nc21. The number of carboxylic acid groups (broad SMARTS) is 1. The zero-order valence-corrected chi connectivity index (χ0v) is 26.8. The maximum absolute atomic E-state index is 16.1. The lowest BCUT2D eigenvalue weighted by atomic mass is 9.80. The van der Waals surface area contributed by atoms with Crippen molar-refractivity contribution in [1.82, 2.24) is 19.4 Å². The van der Waals surface area contributed by atoms with Crippen LogP contribution in [0.4, 0.5) is 19.4 Å². The number of pyridine rings is 1. The van der Waals surface area contributed by atoms with E-state index in [2.05, 4.69) is 16.0 Å². The van der Waals surface area contributed by atoms with Gasteiger partial charge in [0, 0.05) is 19.1 Å². The maximum Gasteiger partial charge on any atom is 0.407 e. The van der Waals surface area contributed by atoms with E-state index in [1.165, 1.54) is 21.6 Å². The number of piperazine rings is 1. The minimum absolute atomic E-state index is 0.0380. The summed E-state index contributed by atoms with van der Waals surface area (Å²) in [7, 11) is 0. The highest BCUT2D eigenvalue weighted by Crippen LogP contribution is 2.39. The molecule has 2 aromatic carbocycles. The summed E-state index contributed by atoms with van der Waals surface area (Å²) in [5.41, 5.74) is -0.247. The van der Waals surface area contributed by atoms with E-state index >= 15 is 8.78 Å². The largest absolute Gasteiger partial charge is 0.507 e. The highest BCUT2D eigenvalue weighted by molar-refractivity contribution is 5.91. The summed E-state index contributed by atoms with van der Waals surface area (Å²) in [4.78, 5) is 38.6. The fourth-order valence-electron chi connectivity index (χ4n) is 6.76. The normalized spacial score (nSPS) is 17.1. The first-order valence-electron chi connectivity index (χ1n) is 15.0. The smallest absolute Gasteiger partial charge is 0.407 e. The predicted molar refractivity (Wildman–Crippen MR) is 170 cm³/mol.